The normalized spacial score (nSPS) is 11.0. The number of hydrogen-bond acceptors (Lipinski definition) is 5. The first-order chi connectivity index (χ1) is 15.9. The Morgan fingerprint density at radius 3 is 2.76 bits per heavy atom. The summed E-state index contributed by atoms with van der Waals surface area (Å²) in [6, 6.07) is 12.8. The molecule has 166 valence electrons. The van der Waals surface area contributed by atoms with Crippen LogP contribution in [0.4, 0.5) is 20.9 Å². The maximum Gasteiger partial charge on any atom is 0.248 e. The quantitative estimate of drug-likeness (QED) is 0.371. The molecule has 0 aliphatic rings. The highest BCUT2D eigenvalue weighted by molar-refractivity contribution is 7.14. The van der Waals surface area contributed by atoms with Gasteiger partial charge in [0.2, 0.25) is 11.8 Å². The molecule has 0 bridgehead atoms. The minimum absolute atomic E-state index is 0.111. The molecule has 33 heavy (non-hydrogen) atoms. The Morgan fingerprint density at radius 1 is 1.21 bits per heavy atom. The van der Waals surface area contributed by atoms with Gasteiger partial charge in [0.15, 0.2) is 5.13 Å². The molecule has 1 N–H and O–H groups in total. The van der Waals surface area contributed by atoms with Crippen LogP contribution in [0, 0.1) is 5.82 Å². The zero-order valence-electron chi connectivity index (χ0n) is 17.3. The second-order valence-corrected chi connectivity index (χ2v) is 8.07. The van der Waals surface area contributed by atoms with Gasteiger partial charge >= 0.3 is 0 Å². The molecule has 0 spiro atoms. The van der Waals surface area contributed by atoms with Gasteiger partial charge in [-0.15, -0.1) is 11.3 Å². The van der Waals surface area contributed by atoms with E-state index in [1.807, 2.05) is 0 Å². The number of carbonyl (C=O) groups is 2. The number of rotatable bonds is 6. The molecule has 0 aliphatic heterocycles. The number of aromatic nitrogens is 3. The molecular weight excluding hydrogens is 465 g/mol. The van der Waals surface area contributed by atoms with Gasteiger partial charge in [-0.05, 0) is 42.5 Å². The number of nitrogens with zero attached hydrogens (tertiary/aromatic N) is 4. The predicted octanol–water partition coefficient (Wildman–Crippen LogP) is 5.46. The van der Waals surface area contributed by atoms with Gasteiger partial charge in [0.25, 0.3) is 0 Å². The summed E-state index contributed by atoms with van der Waals surface area (Å²) in [6.45, 7) is 1.33. The molecule has 0 fully saturated rings. The van der Waals surface area contributed by atoms with Crippen molar-refractivity contribution in [3.8, 4) is 5.69 Å². The Balaban J connectivity index is 1.52. The number of anilines is 3. The van der Waals surface area contributed by atoms with Gasteiger partial charge in [-0.2, -0.15) is 5.10 Å². The summed E-state index contributed by atoms with van der Waals surface area (Å²) in [5, 5.41) is 9.39. The first kappa shape index (κ1) is 22.4. The van der Waals surface area contributed by atoms with Crippen LogP contribution in [0.15, 0.2) is 72.4 Å². The fourth-order valence-corrected chi connectivity index (χ4v) is 4.07. The van der Waals surface area contributed by atoms with E-state index < -0.39 is 11.7 Å². The molecule has 2 heterocycles. The smallest absolute Gasteiger partial charge is 0.248 e. The third-order valence-corrected chi connectivity index (χ3v) is 5.56. The highest BCUT2D eigenvalue weighted by atomic mass is 35.5. The topological polar surface area (TPSA) is 80.1 Å². The van der Waals surface area contributed by atoms with Crippen molar-refractivity contribution in [2.45, 2.75) is 6.92 Å². The zero-order valence-corrected chi connectivity index (χ0v) is 18.8. The van der Waals surface area contributed by atoms with E-state index >= 15 is 0 Å². The highest BCUT2D eigenvalue weighted by Crippen LogP contribution is 2.31. The van der Waals surface area contributed by atoms with Crippen LogP contribution in [-0.2, 0) is 9.59 Å². The minimum atomic E-state index is -0.533. The molecule has 2 aromatic carbocycles. The van der Waals surface area contributed by atoms with Gasteiger partial charge in [0.1, 0.15) is 5.82 Å². The molecular formula is C23H17ClFN5O2S. The summed E-state index contributed by atoms with van der Waals surface area (Å²) in [7, 11) is 0. The lowest BCUT2D eigenvalue weighted by atomic mass is 10.2. The monoisotopic (exact) mass is 481 g/mol. The van der Waals surface area contributed by atoms with E-state index in [1.54, 1.807) is 58.9 Å². The molecule has 0 unspecified atom stereocenters. The highest BCUT2D eigenvalue weighted by Gasteiger charge is 2.20. The van der Waals surface area contributed by atoms with E-state index in [1.165, 1.54) is 36.1 Å². The van der Waals surface area contributed by atoms with Crippen molar-refractivity contribution in [3.05, 3.63) is 88.9 Å². The number of nitrogens with one attached hydrogen (secondary N) is 1. The Hall–Kier alpha value is -3.82. The first-order valence-electron chi connectivity index (χ1n) is 9.72. The number of amides is 2. The van der Waals surface area contributed by atoms with E-state index in [0.29, 0.717) is 27.2 Å². The molecule has 0 aliphatic carbocycles. The Labute approximate surface area is 197 Å². The second-order valence-electron chi connectivity index (χ2n) is 6.80. The van der Waals surface area contributed by atoms with Crippen molar-refractivity contribution in [3.63, 3.8) is 0 Å². The minimum Gasteiger partial charge on any atom is -0.321 e. The van der Waals surface area contributed by atoms with E-state index in [0.717, 1.165) is 11.3 Å². The standard InChI is InChI=1S/C23H17ClFN5O2S/c1-15(31)30(20-6-3-2-5-18(20)25)23-27-17(14-33-23)8-10-22(32)28-19-13-16(24)7-9-21(19)29-12-4-11-26-29/h2-14H,1H3,(H,28,32)/b10-8+. The van der Waals surface area contributed by atoms with Gasteiger partial charge in [-0.1, -0.05) is 23.7 Å². The van der Waals surface area contributed by atoms with Crippen LogP contribution < -0.4 is 10.2 Å². The largest absolute Gasteiger partial charge is 0.321 e. The van der Waals surface area contributed by atoms with Crippen molar-refractivity contribution in [2.75, 3.05) is 10.2 Å². The molecule has 4 rings (SSSR count). The molecule has 0 atom stereocenters. The number of para-hydroxylation sites is 1. The molecule has 2 amide bonds. The zero-order chi connectivity index (χ0) is 23.4. The van der Waals surface area contributed by atoms with Crippen molar-refractivity contribution in [2.24, 2.45) is 0 Å². The lowest BCUT2D eigenvalue weighted by molar-refractivity contribution is -0.116. The molecule has 0 radical (unpaired) electrons. The van der Waals surface area contributed by atoms with Crippen LogP contribution in [0.5, 0.6) is 0 Å². The molecule has 0 saturated heterocycles. The van der Waals surface area contributed by atoms with E-state index in [9.17, 15) is 14.0 Å². The Morgan fingerprint density at radius 2 is 2.03 bits per heavy atom. The molecule has 4 aromatic rings. The average Bonchev–Trinajstić information content (AvgIpc) is 3.46. The lowest BCUT2D eigenvalue weighted by Gasteiger charge is -2.18. The predicted molar refractivity (Wildman–Crippen MR) is 128 cm³/mol. The van der Waals surface area contributed by atoms with Crippen molar-refractivity contribution < 1.29 is 14.0 Å². The third-order valence-electron chi connectivity index (χ3n) is 4.48. The molecule has 7 nitrogen and oxygen atoms in total. The van der Waals surface area contributed by atoms with E-state index in [2.05, 4.69) is 15.4 Å². The van der Waals surface area contributed by atoms with Crippen LogP contribution in [0.3, 0.4) is 0 Å². The number of benzene rings is 2. The summed E-state index contributed by atoms with van der Waals surface area (Å²) < 4.78 is 15.8. The Kier molecular flexibility index (Phi) is 6.62. The average molecular weight is 482 g/mol. The summed E-state index contributed by atoms with van der Waals surface area (Å²) >= 11 is 7.25. The number of carbonyl (C=O) groups excluding carboxylic acids is 2. The van der Waals surface area contributed by atoms with Gasteiger partial charge in [0, 0.05) is 35.8 Å². The van der Waals surface area contributed by atoms with E-state index in [4.69, 9.17) is 11.6 Å². The fourth-order valence-electron chi connectivity index (χ4n) is 3.05. The maximum absolute atomic E-state index is 14.2. The maximum atomic E-state index is 14.2. The van der Waals surface area contributed by atoms with Crippen LogP contribution in [0.25, 0.3) is 11.8 Å². The number of thiazole rings is 1. The van der Waals surface area contributed by atoms with Crippen LogP contribution in [-0.4, -0.2) is 26.6 Å². The number of halogens is 2. The number of hydrogen-bond donors (Lipinski definition) is 1. The van der Waals surface area contributed by atoms with Crippen molar-refractivity contribution in [1.82, 2.24) is 14.8 Å². The SMILES string of the molecule is CC(=O)N(c1nc(/C=C/C(=O)Nc2cc(Cl)ccc2-n2cccn2)cs1)c1ccccc1F. The fraction of sp³-hybridized carbons (Fsp3) is 0.0435. The van der Waals surface area contributed by atoms with E-state index in [-0.39, 0.29) is 11.6 Å². The molecule has 10 heteroatoms. The lowest BCUT2D eigenvalue weighted by Crippen LogP contribution is -2.23. The van der Waals surface area contributed by atoms with Crippen molar-refractivity contribution in [1.29, 1.82) is 0 Å². The van der Waals surface area contributed by atoms with Crippen LogP contribution in [0.1, 0.15) is 12.6 Å². The van der Waals surface area contributed by atoms with Gasteiger partial charge in [-0.25, -0.2) is 14.1 Å². The third kappa shape index (κ3) is 5.16. The van der Waals surface area contributed by atoms with Gasteiger partial charge < -0.3 is 5.32 Å². The summed E-state index contributed by atoms with van der Waals surface area (Å²) in [5.74, 6) is -1.32. The van der Waals surface area contributed by atoms with Gasteiger partial charge in [0.05, 0.1) is 22.8 Å². The summed E-state index contributed by atoms with van der Waals surface area (Å²) in [5.41, 5.74) is 1.71. The molecule has 0 saturated carbocycles. The summed E-state index contributed by atoms with van der Waals surface area (Å²) in [6.07, 6.45) is 6.20. The Bertz CT molecular complexity index is 1340. The van der Waals surface area contributed by atoms with Crippen LogP contribution in [0.2, 0.25) is 5.02 Å². The first-order valence-corrected chi connectivity index (χ1v) is 11.0. The molecule has 2 aromatic heterocycles. The summed E-state index contributed by atoms with van der Waals surface area (Å²) in [4.78, 5) is 30.2. The van der Waals surface area contributed by atoms with Gasteiger partial charge in [-0.3, -0.25) is 14.5 Å². The van der Waals surface area contributed by atoms with Crippen molar-refractivity contribution >= 4 is 57.3 Å². The van der Waals surface area contributed by atoms with Crippen LogP contribution >= 0.6 is 22.9 Å². The second kappa shape index (κ2) is 9.76.